The van der Waals surface area contributed by atoms with Crippen LogP contribution in [0.4, 0.5) is 0 Å². The molecule has 5 heteroatoms. The molecule has 7 aromatic carbocycles. The zero-order valence-corrected chi connectivity index (χ0v) is 25.5. The molecular weight excluding hydrogens is 577 g/mol. The fraction of sp³-hybridized carbons (Fsp3) is 0. The van der Waals surface area contributed by atoms with E-state index in [0.29, 0.717) is 0 Å². The van der Waals surface area contributed by atoms with E-state index in [2.05, 4.69) is 155 Å². The number of fused-ring (bicyclic) bond motifs is 11. The fourth-order valence-corrected chi connectivity index (χ4v) is 9.36. The standard InChI is InChI=1S/C41H24BN3S/c1-2-11-25(12-3-1)27-14-4-6-16-30(27)42-31-23-21-26-13-10-19-35-37(26)38(31)45(41-43-33-17-7-8-18-34(33)44(35)41)39-32(42)24-22-29-28-15-5-9-20-36(28)46-40(29)39/h1-24H. The summed E-state index contributed by atoms with van der Waals surface area (Å²) < 4.78 is 7.49. The molecule has 0 aliphatic carbocycles. The third-order valence-corrected chi connectivity index (χ3v) is 11.2. The molecule has 0 saturated heterocycles. The molecule has 0 bridgehead atoms. The molecule has 0 saturated carbocycles. The minimum atomic E-state index is 0.0423. The summed E-state index contributed by atoms with van der Waals surface area (Å²) in [6.45, 7) is 0.0423. The summed E-state index contributed by atoms with van der Waals surface area (Å²) in [6, 6.07) is 53.3. The lowest BCUT2D eigenvalue weighted by atomic mass is 9.34. The maximum absolute atomic E-state index is 5.38. The van der Waals surface area contributed by atoms with Crippen molar-refractivity contribution in [3.05, 3.63) is 146 Å². The van der Waals surface area contributed by atoms with Gasteiger partial charge < -0.3 is 0 Å². The van der Waals surface area contributed by atoms with Crippen LogP contribution in [0.25, 0.3) is 75.6 Å². The van der Waals surface area contributed by atoms with Crippen LogP contribution in [0.2, 0.25) is 0 Å². The topological polar surface area (TPSA) is 22.2 Å². The quantitative estimate of drug-likeness (QED) is 0.182. The van der Waals surface area contributed by atoms with Crippen LogP contribution < -0.4 is 16.4 Å². The van der Waals surface area contributed by atoms with Gasteiger partial charge in [0, 0.05) is 20.9 Å². The van der Waals surface area contributed by atoms with Crippen LogP contribution in [0.3, 0.4) is 0 Å². The first-order valence-electron chi connectivity index (χ1n) is 15.8. The molecule has 10 aromatic rings. The molecule has 1 aliphatic heterocycles. The Balaban J connectivity index is 1.40. The lowest BCUT2D eigenvalue weighted by Gasteiger charge is -2.31. The van der Waals surface area contributed by atoms with E-state index < -0.39 is 0 Å². The van der Waals surface area contributed by atoms with Gasteiger partial charge in [-0.1, -0.05) is 127 Å². The summed E-state index contributed by atoms with van der Waals surface area (Å²) in [4.78, 5) is 5.38. The van der Waals surface area contributed by atoms with Crippen molar-refractivity contribution in [1.82, 2.24) is 14.0 Å². The van der Waals surface area contributed by atoms with Gasteiger partial charge in [-0.3, -0.25) is 8.97 Å². The first-order valence-corrected chi connectivity index (χ1v) is 16.6. The van der Waals surface area contributed by atoms with Crippen LogP contribution in [-0.2, 0) is 0 Å². The maximum atomic E-state index is 5.38. The number of hydrogen-bond donors (Lipinski definition) is 0. The van der Waals surface area contributed by atoms with E-state index in [0.717, 1.165) is 16.8 Å². The number of rotatable bonds is 2. The second kappa shape index (κ2) is 8.97. The van der Waals surface area contributed by atoms with Crippen LogP contribution >= 0.6 is 11.3 Å². The highest BCUT2D eigenvalue weighted by Gasteiger charge is 2.37. The van der Waals surface area contributed by atoms with Gasteiger partial charge >= 0.3 is 0 Å². The van der Waals surface area contributed by atoms with Gasteiger partial charge in [-0.15, -0.1) is 11.3 Å². The molecule has 0 atom stereocenters. The third-order valence-electron chi connectivity index (χ3n) is 9.99. The first-order chi connectivity index (χ1) is 22.8. The molecule has 4 heterocycles. The number of thiophene rings is 1. The van der Waals surface area contributed by atoms with E-state index in [9.17, 15) is 0 Å². The van der Waals surface area contributed by atoms with Gasteiger partial charge in [-0.2, -0.15) is 0 Å². The number of aromatic nitrogens is 3. The molecule has 0 spiro atoms. The van der Waals surface area contributed by atoms with Crippen LogP contribution in [0.5, 0.6) is 0 Å². The molecule has 0 amide bonds. The summed E-state index contributed by atoms with van der Waals surface area (Å²) >= 11 is 1.90. The van der Waals surface area contributed by atoms with E-state index in [4.69, 9.17) is 4.98 Å². The summed E-state index contributed by atoms with van der Waals surface area (Å²) in [5.41, 5.74) is 12.3. The van der Waals surface area contributed by atoms with Crippen molar-refractivity contribution in [3.63, 3.8) is 0 Å². The van der Waals surface area contributed by atoms with Gasteiger partial charge in [0.15, 0.2) is 0 Å². The Morgan fingerprint density at radius 2 is 1.35 bits per heavy atom. The average Bonchev–Trinajstić information content (AvgIpc) is 3.70. The molecule has 0 fully saturated rings. The SMILES string of the molecule is c1ccc(-c2ccccc2B2c3ccc4c(sc5ccccc54)c3-n3c4c2ccc2cccc(c24)n2c4ccccc4nc32)cc1. The van der Waals surface area contributed by atoms with Crippen molar-refractivity contribution in [1.29, 1.82) is 0 Å². The lowest BCUT2D eigenvalue weighted by molar-refractivity contribution is 1.08. The molecule has 0 radical (unpaired) electrons. The van der Waals surface area contributed by atoms with Crippen molar-refractivity contribution >= 4 is 93.2 Å². The highest BCUT2D eigenvalue weighted by molar-refractivity contribution is 7.26. The highest BCUT2D eigenvalue weighted by atomic mass is 32.1. The van der Waals surface area contributed by atoms with Crippen molar-refractivity contribution in [2.75, 3.05) is 0 Å². The Morgan fingerprint density at radius 3 is 2.30 bits per heavy atom. The van der Waals surface area contributed by atoms with Gasteiger partial charge in [-0.25, -0.2) is 4.98 Å². The minimum Gasteiger partial charge on any atom is -0.279 e. The van der Waals surface area contributed by atoms with Gasteiger partial charge in [0.1, 0.15) is 0 Å². The molecule has 0 unspecified atom stereocenters. The van der Waals surface area contributed by atoms with Gasteiger partial charge in [0.25, 0.3) is 0 Å². The van der Waals surface area contributed by atoms with Gasteiger partial charge in [0.05, 0.1) is 32.5 Å². The first kappa shape index (κ1) is 24.6. The Morgan fingerprint density at radius 1 is 0.565 bits per heavy atom. The number of nitrogens with zero attached hydrogens (tertiary/aromatic N) is 3. The second-order valence-corrected chi connectivity index (χ2v) is 13.4. The summed E-state index contributed by atoms with van der Waals surface area (Å²) in [6.07, 6.45) is 0. The Kier molecular flexibility index (Phi) is 4.80. The average molecular weight is 602 g/mol. The van der Waals surface area contributed by atoms with E-state index in [-0.39, 0.29) is 6.71 Å². The third kappa shape index (κ3) is 3.10. The van der Waals surface area contributed by atoms with Crippen molar-refractivity contribution in [2.24, 2.45) is 0 Å². The number of para-hydroxylation sites is 2. The fourth-order valence-electron chi connectivity index (χ4n) is 8.12. The predicted octanol–water partition coefficient (Wildman–Crippen LogP) is 8.45. The van der Waals surface area contributed by atoms with Gasteiger partial charge in [0.2, 0.25) is 12.5 Å². The monoisotopic (exact) mass is 601 g/mol. The minimum absolute atomic E-state index is 0.0423. The lowest BCUT2D eigenvalue weighted by Crippen LogP contribution is -2.56. The number of benzene rings is 7. The number of imidazole rings is 1. The van der Waals surface area contributed by atoms with Crippen LogP contribution in [-0.4, -0.2) is 20.7 Å². The van der Waals surface area contributed by atoms with Crippen molar-refractivity contribution in [2.45, 2.75) is 0 Å². The normalized spacial score (nSPS) is 12.7. The van der Waals surface area contributed by atoms with E-state index >= 15 is 0 Å². The highest BCUT2D eigenvalue weighted by Crippen LogP contribution is 2.41. The smallest absolute Gasteiger partial charge is 0.247 e. The van der Waals surface area contributed by atoms with E-state index in [1.165, 1.54) is 75.2 Å². The zero-order valence-electron chi connectivity index (χ0n) is 24.7. The molecule has 0 N–H and O–H groups in total. The molecule has 3 nitrogen and oxygen atoms in total. The summed E-state index contributed by atoms with van der Waals surface area (Å²) in [7, 11) is 0. The van der Waals surface area contributed by atoms with Crippen LogP contribution in [0.1, 0.15) is 0 Å². The molecule has 46 heavy (non-hydrogen) atoms. The molecule has 11 rings (SSSR count). The van der Waals surface area contributed by atoms with Crippen molar-refractivity contribution < 1.29 is 0 Å². The molecule has 1 aliphatic rings. The van der Waals surface area contributed by atoms with Crippen LogP contribution in [0, 0.1) is 0 Å². The summed E-state index contributed by atoms with van der Waals surface area (Å²) in [5, 5.41) is 5.13. The molecule has 3 aromatic heterocycles. The van der Waals surface area contributed by atoms with Crippen molar-refractivity contribution in [3.8, 4) is 16.8 Å². The molecule has 212 valence electrons. The Bertz CT molecular complexity index is 2880. The van der Waals surface area contributed by atoms with E-state index in [1.807, 2.05) is 11.3 Å². The largest absolute Gasteiger partial charge is 0.279 e. The predicted molar refractivity (Wildman–Crippen MR) is 196 cm³/mol. The van der Waals surface area contributed by atoms with Gasteiger partial charge in [-0.05, 0) is 51.7 Å². The van der Waals surface area contributed by atoms with E-state index in [1.54, 1.807) is 0 Å². The Labute approximate surface area is 268 Å². The maximum Gasteiger partial charge on any atom is 0.247 e. The number of hydrogen-bond acceptors (Lipinski definition) is 2. The summed E-state index contributed by atoms with van der Waals surface area (Å²) in [5.74, 6) is 0.953. The second-order valence-electron chi connectivity index (χ2n) is 12.3. The van der Waals surface area contributed by atoms with Crippen LogP contribution in [0.15, 0.2) is 146 Å². The molecular formula is C41H24BN3S. The zero-order chi connectivity index (χ0) is 29.9. The Hall–Kier alpha value is -5.65.